The molecule has 0 saturated carbocycles. The molecule has 0 aromatic heterocycles. The molecule has 2 aromatic rings. The van der Waals surface area contributed by atoms with Crippen molar-refractivity contribution in [2.24, 2.45) is 0 Å². The summed E-state index contributed by atoms with van der Waals surface area (Å²) in [5.41, 5.74) is 0.130. The van der Waals surface area contributed by atoms with Gasteiger partial charge in [-0.05, 0) is 40.2 Å². The molecular weight excluding hydrogens is 412 g/mol. The molecule has 0 N–H and O–H groups in total. The van der Waals surface area contributed by atoms with E-state index in [1.807, 2.05) is 0 Å². The maximum Gasteiger partial charge on any atom is 0.339 e. The van der Waals surface area contributed by atoms with Gasteiger partial charge in [0.2, 0.25) is 0 Å². The van der Waals surface area contributed by atoms with Gasteiger partial charge in [-0.1, -0.05) is 34.1 Å². The van der Waals surface area contributed by atoms with Crippen LogP contribution in [0.15, 0.2) is 56.3 Å². The molecule has 104 valence electrons. The predicted octanol–water partition coefficient (Wildman–Crippen LogP) is 3.79. The van der Waals surface area contributed by atoms with Gasteiger partial charge in [0.15, 0.2) is 12.0 Å². The first kappa shape index (κ1) is 15.2. The summed E-state index contributed by atoms with van der Waals surface area (Å²) in [6, 6.07) is 10.8. The highest BCUT2D eigenvalue weighted by Crippen LogP contribution is 2.34. The molecule has 7 heteroatoms. The number of carbonyl (C=O) groups excluding carboxylic acids is 1. The van der Waals surface area contributed by atoms with Gasteiger partial charge in [0, 0.05) is 4.47 Å². The quantitative estimate of drug-likeness (QED) is 0.558. The van der Waals surface area contributed by atoms with Crippen LogP contribution in [0.4, 0.5) is 0 Å². The number of halogens is 2. The third-order valence-corrected chi connectivity index (χ3v) is 4.67. The number of aldehydes is 1. The van der Waals surface area contributed by atoms with Crippen LogP contribution in [0.2, 0.25) is 0 Å². The minimum atomic E-state index is -3.99. The van der Waals surface area contributed by atoms with Crippen molar-refractivity contribution in [1.82, 2.24) is 0 Å². The van der Waals surface area contributed by atoms with Crippen LogP contribution < -0.4 is 4.18 Å². The molecule has 0 saturated heterocycles. The van der Waals surface area contributed by atoms with Crippen molar-refractivity contribution < 1.29 is 17.4 Å². The van der Waals surface area contributed by atoms with Crippen LogP contribution in [-0.4, -0.2) is 14.7 Å². The summed E-state index contributed by atoms with van der Waals surface area (Å²) < 4.78 is 30.3. The SMILES string of the molecule is O=Cc1cc(Br)cc(Br)c1OS(=O)(=O)c1ccccc1. The number of carbonyl (C=O) groups is 1. The second kappa shape index (κ2) is 6.07. The van der Waals surface area contributed by atoms with Crippen LogP contribution >= 0.6 is 31.9 Å². The van der Waals surface area contributed by atoms with Crippen LogP contribution in [-0.2, 0) is 10.1 Å². The highest BCUT2D eigenvalue weighted by molar-refractivity contribution is 9.11. The van der Waals surface area contributed by atoms with E-state index in [1.165, 1.54) is 18.2 Å². The first-order valence-electron chi connectivity index (χ1n) is 5.38. The second-order valence-corrected chi connectivity index (χ2v) is 7.09. The zero-order chi connectivity index (χ0) is 14.8. The van der Waals surface area contributed by atoms with E-state index < -0.39 is 10.1 Å². The van der Waals surface area contributed by atoms with Gasteiger partial charge in [0.25, 0.3) is 0 Å². The Morgan fingerprint density at radius 3 is 2.30 bits per heavy atom. The number of hydrogen-bond acceptors (Lipinski definition) is 4. The lowest BCUT2D eigenvalue weighted by atomic mass is 10.2. The normalized spacial score (nSPS) is 11.1. The molecule has 0 fully saturated rings. The van der Waals surface area contributed by atoms with Gasteiger partial charge in [-0.2, -0.15) is 8.42 Å². The van der Waals surface area contributed by atoms with Crippen molar-refractivity contribution in [3.63, 3.8) is 0 Å². The van der Waals surface area contributed by atoms with Crippen LogP contribution in [0.3, 0.4) is 0 Å². The summed E-state index contributed by atoms with van der Waals surface area (Å²) in [5, 5.41) is 0. The second-order valence-electron chi connectivity index (χ2n) is 3.77. The van der Waals surface area contributed by atoms with Gasteiger partial charge in [0.05, 0.1) is 10.0 Å². The lowest BCUT2D eigenvalue weighted by Crippen LogP contribution is -2.11. The van der Waals surface area contributed by atoms with E-state index in [2.05, 4.69) is 31.9 Å². The lowest BCUT2D eigenvalue weighted by Gasteiger charge is -2.11. The zero-order valence-electron chi connectivity index (χ0n) is 9.92. The van der Waals surface area contributed by atoms with Crippen molar-refractivity contribution in [3.05, 3.63) is 57.0 Å². The topological polar surface area (TPSA) is 60.4 Å². The van der Waals surface area contributed by atoms with E-state index in [1.54, 1.807) is 24.3 Å². The Morgan fingerprint density at radius 2 is 1.70 bits per heavy atom. The van der Waals surface area contributed by atoms with Crippen molar-refractivity contribution in [2.75, 3.05) is 0 Å². The standard InChI is InChI=1S/C13H8Br2O4S/c14-10-6-9(8-16)13(12(15)7-10)19-20(17,18)11-4-2-1-3-5-11/h1-8H. The fourth-order valence-corrected chi connectivity index (χ4v) is 3.94. The molecule has 0 heterocycles. The van der Waals surface area contributed by atoms with E-state index in [4.69, 9.17) is 4.18 Å². The summed E-state index contributed by atoms with van der Waals surface area (Å²) in [6.45, 7) is 0. The van der Waals surface area contributed by atoms with Crippen LogP contribution in [0.25, 0.3) is 0 Å². The molecule has 0 aliphatic carbocycles. The summed E-state index contributed by atoms with van der Waals surface area (Å²) in [6.07, 6.45) is 0.533. The number of hydrogen-bond donors (Lipinski definition) is 0. The fourth-order valence-electron chi connectivity index (χ4n) is 1.50. The van der Waals surface area contributed by atoms with Crippen molar-refractivity contribution >= 4 is 48.3 Å². The number of rotatable bonds is 4. The largest absolute Gasteiger partial charge is 0.377 e. The van der Waals surface area contributed by atoms with Gasteiger partial charge >= 0.3 is 10.1 Å². The lowest BCUT2D eigenvalue weighted by molar-refractivity contribution is 0.112. The van der Waals surface area contributed by atoms with Gasteiger partial charge in [-0.15, -0.1) is 0 Å². The first-order chi connectivity index (χ1) is 9.44. The van der Waals surface area contributed by atoms with Crippen LogP contribution in [0.1, 0.15) is 10.4 Å². The van der Waals surface area contributed by atoms with E-state index in [0.29, 0.717) is 15.2 Å². The summed E-state index contributed by atoms with van der Waals surface area (Å²) in [7, 11) is -3.99. The Bertz CT molecular complexity index is 742. The molecule has 0 aliphatic rings. The third-order valence-electron chi connectivity index (χ3n) is 2.39. The van der Waals surface area contributed by atoms with Crippen molar-refractivity contribution in [1.29, 1.82) is 0 Å². The molecule has 0 radical (unpaired) electrons. The zero-order valence-corrected chi connectivity index (χ0v) is 13.9. The molecule has 0 unspecified atom stereocenters. The molecule has 20 heavy (non-hydrogen) atoms. The Hall–Kier alpha value is -1.18. The Balaban J connectivity index is 2.48. The van der Waals surface area contributed by atoms with E-state index in [-0.39, 0.29) is 16.2 Å². The number of benzene rings is 2. The highest BCUT2D eigenvalue weighted by Gasteiger charge is 2.20. The molecule has 0 aliphatic heterocycles. The molecule has 2 aromatic carbocycles. The molecule has 0 atom stereocenters. The maximum absolute atomic E-state index is 12.1. The fraction of sp³-hybridized carbons (Fsp3) is 0. The monoisotopic (exact) mass is 418 g/mol. The summed E-state index contributed by atoms with van der Waals surface area (Å²) in [5.74, 6) is -0.0351. The Morgan fingerprint density at radius 1 is 1.05 bits per heavy atom. The molecule has 2 rings (SSSR count). The minimum absolute atomic E-state index is 0.0201. The molecule has 0 bridgehead atoms. The summed E-state index contributed by atoms with van der Waals surface area (Å²) in [4.78, 5) is 11.1. The van der Waals surface area contributed by atoms with E-state index in [9.17, 15) is 13.2 Å². The average molecular weight is 420 g/mol. The van der Waals surface area contributed by atoms with Crippen molar-refractivity contribution in [3.8, 4) is 5.75 Å². The van der Waals surface area contributed by atoms with E-state index in [0.717, 1.165) is 0 Å². The van der Waals surface area contributed by atoms with Crippen molar-refractivity contribution in [2.45, 2.75) is 4.90 Å². The predicted molar refractivity (Wildman–Crippen MR) is 81.5 cm³/mol. The first-order valence-corrected chi connectivity index (χ1v) is 8.37. The van der Waals surface area contributed by atoms with Gasteiger partial charge in [-0.3, -0.25) is 4.79 Å². The maximum atomic E-state index is 12.1. The Labute approximate surface area is 133 Å². The molecular formula is C13H8Br2O4S. The average Bonchev–Trinajstić information content (AvgIpc) is 2.42. The molecule has 0 amide bonds. The van der Waals surface area contributed by atoms with E-state index >= 15 is 0 Å². The Kier molecular flexibility index (Phi) is 4.62. The highest BCUT2D eigenvalue weighted by atomic mass is 79.9. The van der Waals surface area contributed by atoms with Gasteiger partial charge in [-0.25, -0.2) is 0 Å². The van der Waals surface area contributed by atoms with Crippen LogP contribution in [0, 0.1) is 0 Å². The molecule has 0 spiro atoms. The van der Waals surface area contributed by atoms with Gasteiger partial charge in [0.1, 0.15) is 4.90 Å². The third kappa shape index (κ3) is 3.28. The smallest absolute Gasteiger partial charge is 0.339 e. The minimum Gasteiger partial charge on any atom is -0.377 e. The van der Waals surface area contributed by atoms with Gasteiger partial charge < -0.3 is 4.18 Å². The molecule has 4 nitrogen and oxygen atoms in total. The van der Waals surface area contributed by atoms with Crippen LogP contribution in [0.5, 0.6) is 5.75 Å². The summed E-state index contributed by atoms with van der Waals surface area (Å²) >= 11 is 6.40.